The third-order valence-corrected chi connectivity index (χ3v) is 4.93. The van der Waals surface area contributed by atoms with Crippen molar-refractivity contribution in [1.82, 2.24) is 10.2 Å². The average molecular weight is 454 g/mol. The normalized spacial score (nSPS) is 11.6. The van der Waals surface area contributed by atoms with E-state index in [4.69, 9.17) is 16.3 Å². The maximum absolute atomic E-state index is 12.7. The molecule has 0 bridgehead atoms. The standard InChI is InChI=1S/C20H22BrClN2O3/c1-14(20(26)23-2)24(11-10-15-6-4-3-5-7-15)19(25)13-27-18-9-8-16(21)12-17(18)22/h3-9,12,14H,10-11,13H2,1-2H3,(H,23,26)/t14-/m0/s1. The number of ether oxygens (including phenoxy) is 1. The smallest absolute Gasteiger partial charge is 0.261 e. The number of carbonyl (C=O) groups excluding carboxylic acids is 2. The van der Waals surface area contributed by atoms with Crippen molar-refractivity contribution >= 4 is 39.3 Å². The van der Waals surface area contributed by atoms with Gasteiger partial charge < -0.3 is 15.0 Å². The van der Waals surface area contributed by atoms with Crippen molar-refractivity contribution < 1.29 is 14.3 Å². The van der Waals surface area contributed by atoms with Gasteiger partial charge in [0, 0.05) is 18.1 Å². The lowest BCUT2D eigenvalue weighted by molar-refractivity contribution is -0.141. The van der Waals surface area contributed by atoms with Gasteiger partial charge in [0.15, 0.2) is 6.61 Å². The van der Waals surface area contributed by atoms with Gasteiger partial charge in [-0.2, -0.15) is 0 Å². The van der Waals surface area contributed by atoms with Gasteiger partial charge in [-0.1, -0.05) is 57.9 Å². The van der Waals surface area contributed by atoms with Crippen LogP contribution >= 0.6 is 27.5 Å². The topological polar surface area (TPSA) is 58.6 Å². The van der Waals surface area contributed by atoms with Crippen LogP contribution in [-0.4, -0.2) is 43.0 Å². The van der Waals surface area contributed by atoms with Crippen LogP contribution in [0.25, 0.3) is 0 Å². The summed E-state index contributed by atoms with van der Waals surface area (Å²) in [6, 6.07) is 14.4. The zero-order valence-corrected chi connectivity index (χ0v) is 17.6. The molecule has 7 heteroatoms. The highest BCUT2D eigenvalue weighted by molar-refractivity contribution is 9.10. The maximum Gasteiger partial charge on any atom is 0.261 e. The number of hydrogen-bond donors (Lipinski definition) is 1. The lowest BCUT2D eigenvalue weighted by Crippen LogP contribution is -2.49. The van der Waals surface area contributed by atoms with E-state index in [1.165, 1.54) is 4.90 Å². The van der Waals surface area contributed by atoms with Crippen molar-refractivity contribution in [3.05, 3.63) is 63.6 Å². The first-order chi connectivity index (χ1) is 12.9. The molecule has 0 heterocycles. The van der Waals surface area contributed by atoms with E-state index >= 15 is 0 Å². The molecule has 1 N–H and O–H groups in total. The van der Waals surface area contributed by atoms with E-state index < -0.39 is 6.04 Å². The number of hydrogen-bond acceptors (Lipinski definition) is 3. The molecule has 0 unspecified atom stereocenters. The molecule has 0 fully saturated rings. The molecule has 2 aromatic rings. The Morgan fingerprint density at radius 2 is 1.93 bits per heavy atom. The van der Waals surface area contributed by atoms with Crippen LogP contribution in [0, 0.1) is 0 Å². The first-order valence-corrected chi connectivity index (χ1v) is 9.72. The number of rotatable bonds is 8. The van der Waals surface area contributed by atoms with Crippen LogP contribution in [0.4, 0.5) is 0 Å². The van der Waals surface area contributed by atoms with E-state index in [-0.39, 0.29) is 18.4 Å². The predicted octanol–water partition coefficient (Wildman–Crippen LogP) is 3.69. The number of halogens is 2. The molecule has 0 aliphatic carbocycles. The fourth-order valence-electron chi connectivity index (χ4n) is 2.59. The lowest BCUT2D eigenvalue weighted by Gasteiger charge is -2.28. The van der Waals surface area contributed by atoms with E-state index in [1.807, 2.05) is 30.3 Å². The van der Waals surface area contributed by atoms with E-state index in [0.717, 1.165) is 10.0 Å². The van der Waals surface area contributed by atoms with Gasteiger partial charge in [0.25, 0.3) is 5.91 Å². The zero-order valence-electron chi connectivity index (χ0n) is 15.2. The Kier molecular flexibility index (Phi) is 8.13. The molecule has 0 saturated heterocycles. The molecule has 2 amide bonds. The zero-order chi connectivity index (χ0) is 19.8. The first kappa shape index (κ1) is 21.3. The fourth-order valence-corrected chi connectivity index (χ4v) is 3.32. The van der Waals surface area contributed by atoms with Gasteiger partial charge in [-0.15, -0.1) is 0 Å². The molecule has 0 radical (unpaired) electrons. The highest BCUT2D eigenvalue weighted by Gasteiger charge is 2.25. The molecule has 27 heavy (non-hydrogen) atoms. The van der Waals surface area contributed by atoms with Crippen molar-refractivity contribution in [3.63, 3.8) is 0 Å². The minimum absolute atomic E-state index is 0.197. The molecule has 2 aromatic carbocycles. The quantitative estimate of drug-likeness (QED) is 0.663. The van der Waals surface area contributed by atoms with Crippen LogP contribution in [0.15, 0.2) is 53.0 Å². The van der Waals surface area contributed by atoms with E-state index in [1.54, 1.807) is 32.2 Å². The van der Waals surface area contributed by atoms with Gasteiger partial charge in [-0.05, 0) is 37.1 Å². The second kappa shape index (κ2) is 10.3. The van der Waals surface area contributed by atoms with Crippen LogP contribution in [0.1, 0.15) is 12.5 Å². The molecular formula is C20H22BrClN2O3. The largest absolute Gasteiger partial charge is 0.482 e. The number of benzene rings is 2. The second-order valence-corrected chi connectivity index (χ2v) is 7.30. The molecule has 1 atom stereocenters. The monoisotopic (exact) mass is 452 g/mol. The highest BCUT2D eigenvalue weighted by atomic mass is 79.9. The summed E-state index contributed by atoms with van der Waals surface area (Å²) in [5, 5.41) is 3.00. The van der Waals surface area contributed by atoms with Crippen LogP contribution in [0.2, 0.25) is 5.02 Å². The minimum Gasteiger partial charge on any atom is -0.482 e. The molecule has 0 aliphatic heterocycles. The Morgan fingerprint density at radius 3 is 2.56 bits per heavy atom. The molecule has 0 saturated carbocycles. The summed E-state index contributed by atoms with van der Waals surface area (Å²) < 4.78 is 6.40. The Morgan fingerprint density at radius 1 is 1.22 bits per heavy atom. The number of amides is 2. The SMILES string of the molecule is CNC(=O)[C@H](C)N(CCc1ccccc1)C(=O)COc1ccc(Br)cc1Cl. The first-order valence-electron chi connectivity index (χ1n) is 8.55. The number of likely N-dealkylation sites (N-methyl/N-ethyl adjacent to an activating group) is 1. The lowest BCUT2D eigenvalue weighted by atomic mass is 10.1. The van der Waals surface area contributed by atoms with Gasteiger partial charge >= 0.3 is 0 Å². The van der Waals surface area contributed by atoms with Crippen LogP contribution in [-0.2, 0) is 16.0 Å². The molecule has 2 rings (SSSR count). The van der Waals surface area contributed by atoms with E-state index in [9.17, 15) is 9.59 Å². The van der Waals surface area contributed by atoms with Gasteiger partial charge in [-0.3, -0.25) is 9.59 Å². The third kappa shape index (κ3) is 6.26. The van der Waals surface area contributed by atoms with Crippen molar-refractivity contribution in [2.75, 3.05) is 20.2 Å². The Balaban J connectivity index is 2.06. The Bertz CT molecular complexity index is 786. The fraction of sp³-hybridized carbons (Fsp3) is 0.300. The summed E-state index contributed by atoms with van der Waals surface area (Å²) in [4.78, 5) is 26.3. The summed E-state index contributed by atoms with van der Waals surface area (Å²) in [6.07, 6.45) is 0.646. The summed E-state index contributed by atoms with van der Waals surface area (Å²) in [5.41, 5.74) is 1.09. The molecule has 0 aromatic heterocycles. The maximum atomic E-state index is 12.7. The van der Waals surface area contributed by atoms with Gasteiger partial charge in [0.2, 0.25) is 5.91 Å². The summed E-state index contributed by atoms with van der Waals surface area (Å²) in [6.45, 7) is 1.92. The molecule has 5 nitrogen and oxygen atoms in total. The van der Waals surface area contributed by atoms with E-state index in [2.05, 4.69) is 21.2 Å². The van der Waals surface area contributed by atoms with Gasteiger partial charge in [-0.25, -0.2) is 0 Å². The van der Waals surface area contributed by atoms with Gasteiger partial charge in [0.05, 0.1) is 5.02 Å². The van der Waals surface area contributed by atoms with Crippen molar-refractivity contribution in [3.8, 4) is 5.75 Å². The minimum atomic E-state index is -0.602. The summed E-state index contributed by atoms with van der Waals surface area (Å²) in [5.74, 6) is -0.0806. The van der Waals surface area contributed by atoms with Gasteiger partial charge in [0.1, 0.15) is 11.8 Å². The summed E-state index contributed by atoms with van der Waals surface area (Å²) in [7, 11) is 1.55. The molecule has 0 spiro atoms. The third-order valence-electron chi connectivity index (χ3n) is 4.14. The number of carbonyl (C=O) groups is 2. The van der Waals surface area contributed by atoms with E-state index in [0.29, 0.717) is 23.7 Å². The van der Waals surface area contributed by atoms with Crippen LogP contribution in [0.5, 0.6) is 5.75 Å². The van der Waals surface area contributed by atoms with Crippen LogP contribution in [0.3, 0.4) is 0 Å². The Labute approximate surface area is 172 Å². The Hall–Kier alpha value is -2.05. The molecule has 144 valence electrons. The van der Waals surface area contributed by atoms with Crippen LogP contribution < -0.4 is 10.1 Å². The van der Waals surface area contributed by atoms with Crippen molar-refractivity contribution in [2.24, 2.45) is 0 Å². The average Bonchev–Trinajstić information content (AvgIpc) is 2.67. The second-order valence-electron chi connectivity index (χ2n) is 5.98. The number of nitrogens with one attached hydrogen (secondary N) is 1. The highest BCUT2D eigenvalue weighted by Crippen LogP contribution is 2.27. The molecular weight excluding hydrogens is 432 g/mol. The van der Waals surface area contributed by atoms with Crippen molar-refractivity contribution in [2.45, 2.75) is 19.4 Å². The molecule has 0 aliphatic rings. The van der Waals surface area contributed by atoms with Crippen molar-refractivity contribution in [1.29, 1.82) is 0 Å². The predicted molar refractivity (Wildman–Crippen MR) is 110 cm³/mol. The number of nitrogens with zero attached hydrogens (tertiary/aromatic N) is 1. The summed E-state index contributed by atoms with van der Waals surface area (Å²) >= 11 is 9.45.